The van der Waals surface area contributed by atoms with Gasteiger partial charge in [-0.2, -0.15) is 0 Å². The number of ketones is 1. The van der Waals surface area contributed by atoms with E-state index in [0.717, 1.165) is 26.2 Å². The van der Waals surface area contributed by atoms with Crippen LogP contribution < -0.4 is 0 Å². The molecule has 0 saturated carbocycles. The average molecular weight is 417 g/mol. The minimum Gasteiger partial charge on any atom is -0.465 e. The van der Waals surface area contributed by atoms with Gasteiger partial charge in [-0.25, -0.2) is 4.79 Å². The monoisotopic (exact) mass is 416 g/mol. The summed E-state index contributed by atoms with van der Waals surface area (Å²) in [4.78, 5) is 46.1. The number of halogens is 1. The first-order chi connectivity index (χ1) is 13.1. The van der Waals surface area contributed by atoms with E-state index in [9.17, 15) is 34.9 Å². The number of ether oxygens (including phenoxy) is 2. The van der Waals surface area contributed by atoms with E-state index < -0.39 is 50.8 Å². The standard InChI is InChI=1S/C16H17ClN2O9/c1-4-28-15(21)12(8(2)20)13(14(19(25)26)16(22)27-3)9-5-6-10(17)11(7-9)18(23)24/h5-7,12-13H,4H2,1-3H3,(H,25,26). The first-order valence-corrected chi connectivity index (χ1v) is 8.16. The van der Waals surface area contributed by atoms with Gasteiger partial charge in [0.15, 0.2) is 0 Å². The fourth-order valence-electron chi connectivity index (χ4n) is 2.57. The molecule has 0 bridgehead atoms. The van der Waals surface area contributed by atoms with E-state index in [2.05, 4.69) is 4.74 Å². The molecule has 0 aliphatic rings. The van der Waals surface area contributed by atoms with Crippen molar-refractivity contribution in [2.45, 2.75) is 19.8 Å². The maximum absolute atomic E-state index is 12.4. The number of rotatable bonds is 8. The molecule has 0 aliphatic carbocycles. The van der Waals surface area contributed by atoms with Gasteiger partial charge in [0.2, 0.25) is 0 Å². The third kappa shape index (κ3) is 4.94. The summed E-state index contributed by atoms with van der Waals surface area (Å²) in [6.45, 7) is 2.35. The van der Waals surface area contributed by atoms with Crippen molar-refractivity contribution >= 4 is 40.7 Å². The highest BCUT2D eigenvalue weighted by Gasteiger charge is 2.47. The van der Waals surface area contributed by atoms with E-state index in [1.165, 1.54) is 13.0 Å². The van der Waals surface area contributed by atoms with Crippen molar-refractivity contribution in [1.29, 1.82) is 0 Å². The third-order valence-electron chi connectivity index (χ3n) is 3.73. The Morgan fingerprint density at radius 2 is 1.89 bits per heavy atom. The van der Waals surface area contributed by atoms with Crippen LogP contribution in [0.1, 0.15) is 25.3 Å². The number of hydrogen-bond donors (Lipinski definition) is 1. The van der Waals surface area contributed by atoms with E-state index in [1.807, 2.05) is 0 Å². The van der Waals surface area contributed by atoms with Crippen LogP contribution in [0.4, 0.5) is 5.69 Å². The Labute approximate surface area is 163 Å². The Bertz CT molecular complexity index is 833. The highest BCUT2D eigenvalue weighted by Crippen LogP contribution is 2.34. The zero-order valence-electron chi connectivity index (χ0n) is 15.1. The second kappa shape index (κ2) is 9.65. The molecule has 0 heterocycles. The molecular weight excluding hydrogens is 400 g/mol. The Morgan fingerprint density at radius 1 is 1.29 bits per heavy atom. The van der Waals surface area contributed by atoms with Gasteiger partial charge in [-0.3, -0.25) is 24.9 Å². The zero-order valence-corrected chi connectivity index (χ0v) is 15.8. The molecule has 12 heteroatoms. The van der Waals surface area contributed by atoms with E-state index in [1.54, 1.807) is 0 Å². The summed E-state index contributed by atoms with van der Waals surface area (Å²) in [6.07, 6.45) is 0. The summed E-state index contributed by atoms with van der Waals surface area (Å²) in [6, 6.07) is 3.14. The third-order valence-corrected chi connectivity index (χ3v) is 4.05. The van der Waals surface area contributed by atoms with Crippen LogP contribution in [0, 0.1) is 21.2 Å². The second-order valence-corrected chi connectivity index (χ2v) is 5.84. The van der Waals surface area contributed by atoms with E-state index in [-0.39, 0.29) is 17.2 Å². The highest BCUT2D eigenvalue weighted by molar-refractivity contribution is 6.37. The molecule has 0 fully saturated rings. The second-order valence-electron chi connectivity index (χ2n) is 5.44. The molecule has 152 valence electrons. The van der Waals surface area contributed by atoms with Crippen molar-refractivity contribution in [3.8, 4) is 0 Å². The van der Waals surface area contributed by atoms with Crippen LogP contribution in [0.3, 0.4) is 0 Å². The largest absolute Gasteiger partial charge is 0.465 e. The molecule has 1 N–H and O–H groups in total. The number of Topliss-reactive ketones (excluding diaryl/α,β-unsaturated/α-hetero) is 1. The molecule has 0 spiro atoms. The van der Waals surface area contributed by atoms with Gasteiger partial charge in [-0.1, -0.05) is 17.7 Å². The SMILES string of the molecule is CCOC(=O)C(C(C)=O)C(C(C(=O)OC)=[N+]([O-])O)c1ccc(Cl)c([N+](=O)[O-])c1. The summed E-state index contributed by atoms with van der Waals surface area (Å²) in [5, 5.41) is 32.0. The number of nitro benzene ring substituents is 1. The summed E-state index contributed by atoms with van der Waals surface area (Å²) in [7, 11) is 0.903. The average Bonchev–Trinajstić information content (AvgIpc) is 2.60. The number of hydrogen-bond acceptors (Lipinski definition) is 9. The maximum atomic E-state index is 12.4. The summed E-state index contributed by atoms with van der Waals surface area (Å²) in [5.74, 6) is -6.76. The van der Waals surface area contributed by atoms with Crippen LogP contribution in [-0.2, 0) is 23.9 Å². The van der Waals surface area contributed by atoms with Crippen LogP contribution >= 0.6 is 11.6 Å². The summed E-state index contributed by atoms with van der Waals surface area (Å²) >= 11 is 5.76. The molecular formula is C16H17ClN2O9. The van der Waals surface area contributed by atoms with Crippen LogP contribution in [-0.4, -0.2) is 52.2 Å². The van der Waals surface area contributed by atoms with Crippen LogP contribution in [0.25, 0.3) is 0 Å². The van der Waals surface area contributed by atoms with Gasteiger partial charge in [0, 0.05) is 11.0 Å². The number of benzene rings is 1. The molecule has 1 aromatic carbocycles. The van der Waals surface area contributed by atoms with Crippen LogP contribution in [0.5, 0.6) is 0 Å². The Hall–Kier alpha value is -3.21. The Balaban J connectivity index is 3.83. The van der Waals surface area contributed by atoms with Crippen LogP contribution in [0.15, 0.2) is 18.2 Å². The zero-order chi connectivity index (χ0) is 21.6. The number of esters is 2. The number of nitro groups is 1. The van der Waals surface area contributed by atoms with Gasteiger partial charge in [0.1, 0.15) is 22.6 Å². The van der Waals surface area contributed by atoms with Gasteiger partial charge in [0.25, 0.3) is 5.69 Å². The van der Waals surface area contributed by atoms with Crippen LogP contribution in [0.2, 0.25) is 5.02 Å². The van der Waals surface area contributed by atoms with Crippen molar-refractivity contribution in [1.82, 2.24) is 0 Å². The van der Waals surface area contributed by atoms with E-state index in [0.29, 0.717) is 0 Å². The lowest BCUT2D eigenvalue weighted by Crippen LogP contribution is -2.41. The Morgan fingerprint density at radius 3 is 2.32 bits per heavy atom. The molecule has 1 rings (SSSR count). The first kappa shape index (κ1) is 22.8. The van der Waals surface area contributed by atoms with Crippen molar-refractivity contribution in [3.63, 3.8) is 0 Å². The molecule has 0 radical (unpaired) electrons. The smallest absolute Gasteiger partial charge is 0.405 e. The van der Waals surface area contributed by atoms with Crippen molar-refractivity contribution in [2.75, 3.05) is 13.7 Å². The van der Waals surface area contributed by atoms with Crippen molar-refractivity contribution in [3.05, 3.63) is 44.1 Å². The fourth-order valence-corrected chi connectivity index (χ4v) is 2.76. The normalized spacial score (nSPS) is 13.7. The van der Waals surface area contributed by atoms with E-state index in [4.69, 9.17) is 16.3 Å². The quantitative estimate of drug-likeness (QED) is 0.126. The first-order valence-electron chi connectivity index (χ1n) is 7.78. The molecule has 2 atom stereocenters. The molecule has 0 saturated heterocycles. The maximum Gasteiger partial charge on any atom is 0.405 e. The summed E-state index contributed by atoms with van der Waals surface area (Å²) < 4.78 is 9.27. The topological polar surface area (TPSA) is 159 Å². The van der Waals surface area contributed by atoms with Gasteiger partial charge in [-0.15, -0.1) is 0 Å². The number of methoxy groups -OCH3 is 1. The lowest BCUT2D eigenvalue weighted by molar-refractivity contribution is -0.726. The van der Waals surface area contributed by atoms with Crippen molar-refractivity contribution < 1.29 is 38.9 Å². The minimum atomic E-state index is -1.77. The van der Waals surface area contributed by atoms with E-state index >= 15 is 0 Å². The molecule has 11 nitrogen and oxygen atoms in total. The molecule has 0 amide bonds. The highest BCUT2D eigenvalue weighted by atomic mass is 35.5. The molecule has 28 heavy (non-hydrogen) atoms. The predicted octanol–water partition coefficient (Wildman–Crippen LogP) is 1.61. The molecule has 0 aliphatic heterocycles. The van der Waals surface area contributed by atoms with Gasteiger partial charge < -0.3 is 14.7 Å². The van der Waals surface area contributed by atoms with Crippen molar-refractivity contribution in [2.24, 2.45) is 5.92 Å². The Kier molecular flexibility index (Phi) is 7.87. The molecule has 2 unspecified atom stereocenters. The van der Waals surface area contributed by atoms with Gasteiger partial charge in [-0.05, 0) is 25.5 Å². The molecule has 0 aromatic heterocycles. The summed E-state index contributed by atoms with van der Waals surface area (Å²) in [5.41, 5.74) is -1.82. The lowest BCUT2D eigenvalue weighted by Gasteiger charge is -2.22. The number of carbonyl (C=O) groups is 3. The van der Waals surface area contributed by atoms with Gasteiger partial charge in [0.05, 0.1) is 18.6 Å². The van der Waals surface area contributed by atoms with Gasteiger partial charge >= 0.3 is 17.7 Å². The number of nitrogens with zero attached hydrogens (tertiary/aromatic N) is 2. The molecule has 1 aromatic rings. The minimum absolute atomic E-state index is 0.121. The lowest BCUT2D eigenvalue weighted by atomic mass is 9.80. The fraction of sp³-hybridized carbons (Fsp3) is 0.375. The predicted molar refractivity (Wildman–Crippen MR) is 94.1 cm³/mol. The number of carbonyl (C=O) groups excluding carboxylic acids is 3.